The van der Waals surface area contributed by atoms with Crippen molar-refractivity contribution >= 4 is 18.0 Å². The molecule has 0 aliphatic heterocycles. The Bertz CT molecular complexity index is 824. The van der Waals surface area contributed by atoms with Crippen LogP contribution in [0.4, 0.5) is 9.59 Å². The van der Waals surface area contributed by atoms with Crippen LogP contribution in [0.5, 0.6) is 5.75 Å². The summed E-state index contributed by atoms with van der Waals surface area (Å²) in [6, 6.07) is 6.91. The van der Waals surface area contributed by atoms with E-state index in [1.54, 1.807) is 53.7 Å². The maximum atomic E-state index is 12.9. The third-order valence-corrected chi connectivity index (χ3v) is 4.04. The minimum atomic E-state index is -0.761. The van der Waals surface area contributed by atoms with E-state index < -0.39 is 23.4 Å². The van der Waals surface area contributed by atoms with Crippen molar-refractivity contribution in [2.45, 2.75) is 84.8 Å². The lowest BCUT2D eigenvalue weighted by molar-refractivity contribution is 0.0364. The van der Waals surface area contributed by atoms with Crippen molar-refractivity contribution in [2.75, 3.05) is 6.54 Å². The number of benzene rings is 1. The van der Waals surface area contributed by atoms with Crippen molar-refractivity contribution in [2.24, 2.45) is 4.99 Å². The fourth-order valence-corrected chi connectivity index (χ4v) is 2.74. The molecule has 7 heteroatoms. The van der Waals surface area contributed by atoms with Gasteiger partial charge >= 0.3 is 12.2 Å². The first kappa shape index (κ1) is 27.0. The Hall–Kier alpha value is -3.01. The number of aliphatic imine (C=N–C) groups is 1. The molecule has 1 N–H and O–H groups in total. The van der Waals surface area contributed by atoms with Crippen molar-refractivity contribution in [1.82, 2.24) is 4.90 Å². The molecular weight excluding hydrogens is 408 g/mol. The van der Waals surface area contributed by atoms with Crippen LogP contribution in [0.3, 0.4) is 0 Å². The van der Waals surface area contributed by atoms with E-state index in [0.717, 1.165) is 5.56 Å². The number of hydrogen-bond acceptors (Lipinski definition) is 5. The van der Waals surface area contributed by atoms with Crippen LogP contribution in [0, 0.1) is 12.3 Å². The summed E-state index contributed by atoms with van der Waals surface area (Å²) in [6.07, 6.45) is 6.71. The third kappa shape index (κ3) is 11.4. The second-order valence-electron chi connectivity index (χ2n) is 9.47. The van der Waals surface area contributed by atoms with Crippen LogP contribution in [-0.2, 0) is 15.9 Å². The van der Waals surface area contributed by atoms with Crippen LogP contribution >= 0.6 is 0 Å². The number of phenolic OH excluding ortho intramolecular Hbond substituents is 1. The molecule has 0 bridgehead atoms. The number of rotatable bonds is 7. The smallest absolute Gasteiger partial charge is 0.435 e. The quantitative estimate of drug-likeness (QED) is 0.252. The second kappa shape index (κ2) is 12.1. The van der Waals surface area contributed by atoms with Gasteiger partial charge in [-0.1, -0.05) is 12.1 Å². The SMILES string of the molecule is C#CCCCN(C(=O)OC(C)(C)C)C(CCCc1ccc(O)cc1)=NC(=O)OC(C)(C)C. The van der Waals surface area contributed by atoms with E-state index in [2.05, 4.69) is 10.9 Å². The van der Waals surface area contributed by atoms with Gasteiger partial charge in [-0.05, 0) is 78.5 Å². The van der Waals surface area contributed by atoms with Crippen molar-refractivity contribution in [3.8, 4) is 18.1 Å². The highest BCUT2D eigenvalue weighted by molar-refractivity contribution is 6.00. The number of amidine groups is 1. The van der Waals surface area contributed by atoms with Gasteiger partial charge in [0.05, 0.1) is 0 Å². The first-order chi connectivity index (χ1) is 14.8. The van der Waals surface area contributed by atoms with Crippen molar-refractivity contribution in [1.29, 1.82) is 0 Å². The fraction of sp³-hybridized carbons (Fsp3) is 0.560. The molecule has 0 saturated carbocycles. The molecule has 0 saturated heterocycles. The van der Waals surface area contributed by atoms with Crippen LogP contribution in [0.1, 0.15) is 72.8 Å². The number of hydrogen-bond donors (Lipinski definition) is 1. The largest absolute Gasteiger partial charge is 0.508 e. The van der Waals surface area contributed by atoms with Gasteiger partial charge < -0.3 is 14.6 Å². The van der Waals surface area contributed by atoms with Crippen LogP contribution in [-0.4, -0.2) is 45.8 Å². The summed E-state index contributed by atoms with van der Waals surface area (Å²) in [7, 11) is 0. The highest BCUT2D eigenvalue weighted by Crippen LogP contribution is 2.17. The second-order valence-corrected chi connectivity index (χ2v) is 9.47. The molecule has 2 amide bonds. The van der Waals surface area contributed by atoms with E-state index in [9.17, 15) is 14.7 Å². The summed E-state index contributed by atoms with van der Waals surface area (Å²) in [6.45, 7) is 10.9. The molecule has 1 aromatic rings. The average Bonchev–Trinajstić information content (AvgIpc) is 2.63. The lowest BCUT2D eigenvalue weighted by Gasteiger charge is -2.28. The maximum Gasteiger partial charge on any atom is 0.435 e. The third-order valence-electron chi connectivity index (χ3n) is 4.04. The van der Waals surface area contributed by atoms with E-state index >= 15 is 0 Å². The number of aromatic hydroxyl groups is 1. The Morgan fingerprint density at radius 2 is 1.62 bits per heavy atom. The van der Waals surface area contributed by atoms with Crippen molar-refractivity contribution in [3.63, 3.8) is 0 Å². The summed E-state index contributed by atoms with van der Waals surface area (Å²) in [4.78, 5) is 30.9. The standard InChI is InChI=1S/C25H36N2O5/c1-8-9-10-18-27(23(30)32-25(5,6)7)21(26-22(29)31-24(2,3)4)13-11-12-19-14-16-20(28)17-15-19/h1,14-17,28H,9-13,18H2,2-7H3. The zero-order chi connectivity index (χ0) is 24.4. The first-order valence-corrected chi connectivity index (χ1v) is 10.8. The predicted molar refractivity (Wildman–Crippen MR) is 126 cm³/mol. The zero-order valence-corrected chi connectivity index (χ0v) is 20.1. The monoisotopic (exact) mass is 444 g/mol. The number of amides is 2. The van der Waals surface area contributed by atoms with Crippen LogP contribution < -0.4 is 0 Å². The van der Waals surface area contributed by atoms with Gasteiger partial charge in [-0.25, -0.2) is 9.59 Å². The van der Waals surface area contributed by atoms with Gasteiger partial charge in [0.1, 0.15) is 22.8 Å². The molecule has 0 aliphatic carbocycles. The molecule has 1 aromatic carbocycles. The highest BCUT2D eigenvalue weighted by atomic mass is 16.6. The lowest BCUT2D eigenvalue weighted by atomic mass is 10.1. The number of carbonyl (C=O) groups is 2. The van der Waals surface area contributed by atoms with Crippen molar-refractivity contribution in [3.05, 3.63) is 29.8 Å². The molecule has 32 heavy (non-hydrogen) atoms. The Morgan fingerprint density at radius 3 is 2.16 bits per heavy atom. The molecule has 0 atom stereocenters. The Morgan fingerprint density at radius 1 is 1.03 bits per heavy atom. The minimum Gasteiger partial charge on any atom is -0.508 e. The molecule has 7 nitrogen and oxygen atoms in total. The van der Waals surface area contributed by atoms with Gasteiger partial charge in [0.25, 0.3) is 0 Å². The molecule has 0 heterocycles. The predicted octanol–water partition coefficient (Wildman–Crippen LogP) is 5.70. The van der Waals surface area contributed by atoms with Gasteiger partial charge in [-0.2, -0.15) is 4.99 Å². The fourth-order valence-electron chi connectivity index (χ4n) is 2.74. The van der Waals surface area contributed by atoms with Crippen LogP contribution in [0.2, 0.25) is 0 Å². The summed E-state index contributed by atoms with van der Waals surface area (Å²) < 4.78 is 10.9. The number of phenols is 1. The average molecular weight is 445 g/mol. The number of nitrogens with zero attached hydrogens (tertiary/aromatic N) is 2. The number of ether oxygens (including phenoxy) is 2. The van der Waals surface area contributed by atoms with E-state index in [1.165, 1.54) is 4.90 Å². The first-order valence-electron chi connectivity index (χ1n) is 10.8. The molecule has 0 aromatic heterocycles. The zero-order valence-electron chi connectivity index (χ0n) is 20.1. The Balaban J connectivity index is 3.11. The summed E-state index contributed by atoms with van der Waals surface area (Å²) in [5, 5.41) is 9.45. The molecule has 0 unspecified atom stereocenters. The Labute approximate surface area is 191 Å². The van der Waals surface area contributed by atoms with Crippen LogP contribution in [0.25, 0.3) is 0 Å². The van der Waals surface area contributed by atoms with Crippen LogP contribution in [0.15, 0.2) is 29.3 Å². The topological polar surface area (TPSA) is 88.4 Å². The molecule has 0 spiro atoms. The van der Waals surface area contributed by atoms with E-state index in [0.29, 0.717) is 32.1 Å². The molecule has 0 aliphatic rings. The van der Waals surface area contributed by atoms with E-state index in [1.807, 2.05) is 12.1 Å². The number of unbranched alkanes of at least 4 members (excludes halogenated alkanes) is 1. The van der Waals surface area contributed by atoms with E-state index in [-0.39, 0.29) is 18.1 Å². The number of aryl methyl sites for hydroxylation is 1. The number of carbonyl (C=O) groups excluding carboxylic acids is 2. The van der Waals surface area contributed by atoms with E-state index in [4.69, 9.17) is 15.9 Å². The van der Waals surface area contributed by atoms with Gasteiger partial charge in [0.15, 0.2) is 0 Å². The molecule has 0 radical (unpaired) electrons. The Kier molecular flexibility index (Phi) is 10.2. The highest BCUT2D eigenvalue weighted by Gasteiger charge is 2.27. The molecule has 0 fully saturated rings. The number of terminal acetylenes is 1. The van der Waals surface area contributed by atoms with Crippen molar-refractivity contribution < 1.29 is 24.2 Å². The van der Waals surface area contributed by atoms with Gasteiger partial charge in [-0.3, -0.25) is 4.90 Å². The summed E-state index contributed by atoms with van der Waals surface area (Å²) in [5.74, 6) is 3.04. The maximum absolute atomic E-state index is 12.9. The normalized spacial score (nSPS) is 12.1. The molecule has 1 rings (SSSR count). The summed E-state index contributed by atoms with van der Waals surface area (Å²) in [5.41, 5.74) is -0.391. The molecule has 176 valence electrons. The van der Waals surface area contributed by atoms with Gasteiger partial charge in [0, 0.05) is 19.4 Å². The molecular formula is C25H36N2O5. The lowest BCUT2D eigenvalue weighted by Crippen LogP contribution is -2.42. The minimum absolute atomic E-state index is 0.200. The van der Waals surface area contributed by atoms with Gasteiger partial charge in [-0.15, -0.1) is 12.3 Å². The van der Waals surface area contributed by atoms with Gasteiger partial charge in [0.2, 0.25) is 0 Å². The summed E-state index contributed by atoms with van der Waals surface area (Å²) >= 11 is 0.